The van der Waals surface area contributed by atoms with Crippen LogP contribution in [0.2, 0.25) is 0 Å². The summed E-state index contributed by atoms with van der Waals surface area (Å²) in [6.45, 7) is 5.21. The largest absolute Gasteiger partial charge is 0.382 e. The lowest BCUT2D eigenvalue weighted by atomic mass is 10.1. The Balaban J connectivity index is 1.51. The van der Waals surface area contributed by atoms with E-state index >= 15 is 0 Å². The predicted octanol–water partition coefficient (Wildman–Crippen LogP) is 3.46. The number of rotatable bonds is 9. The lowest BCUT2D eigenvalue weighted by Gasteiger charge is -2.32. The number of amides is 2. The number of nitriles is 1. The monoisotopic (exact) mass is 558 g/mol. The Morgan fingerprint density at radius 3 is 2.48 bits per heavy atom. The Hall–Kier alpha value is -4.01. The molecule has 4 rings (SSSR count). The van der Waals surface area contributed by atoms with Gasteiger partial charge in [0.1, 0.15) is 28.5 Å². The summed E-state index contributed by atoms with van der Waals surface area (Å²) in [7, 11) is 2.06. The second-order valence-corrected chi connectivity index (χ2v) is 10.3. The maximum Gasteiger partial charge on any atom is 0.224 e. The summed E-state index contributed by atoms with van der Waals surface area (Å²) in [5, 5.41) is 12.0. The van der Waals surface area contributed by atoms with Crippen LogP contribution in [-0.2, 0) is 16.0 Å². The molecule has 0 spiro atoms. The Bertz CT molecular complexity index is 1400. The number of nitrogens with one attached hydrogen (secondary N) is 1. The number of nitrogens with zero attached hydrogens (tertiary/aromatic N) is 6. The number of nitrogens with two attached hydrogens (primary N) is 1. The van der Waals surface area contributed by atoms with Gasteiger partial charge in [0.2, 0.25) is 11.8 Å². The number of nitrogen functional groups attached to an aromatic ring is 1. The van der Waals surface area contributed by atoms with Gasteiger partial charge in [0.05, 0.1) is 11.4 Å². The van der Waals surface area contributed by atoms with Crippen LogP contribution in [0.1, 0.15) is 54.2 Å². The van der Waals surface area contributed by atoms with Crippen molar-refractivity contribution < 1.29 is 9.59 Å². The summed E-state index contributed by atoms with van der Waals surface area (Å²) in [6, 6.07) is 14.8. The summed E-state index contributed by atoms with van der Waals surface area (Å²) >= 11 is 4.75. The zero-order valence-corrected chi connectivity index (χ0v) is 23.7. The van der Waals surface area contributed by atoms with Gasteiger partial charge in [0, 0.05) is 56.0 Å². The standard InChI is InChI=1S/C29H34N8O2S/c1-3-5-24(38)33-21-10-8-19(9-11-21)26-22(18-30)28(31)35-29(34-26)27(40)23-7-4-6-20(32-23)12-13-25(39)37-16-14-36(2)15-17-37/h4,6-11,27,40H,3,5,12-17H2,1-2H3,(H,33,38)(H2,31,34,35). The number of carbonyl (C=O) groups excluding carboxylic acids is 2. The highest BCUT2D eigenvalue weighted by molar-refractivity contribution is 7.80. The summed E-state index contributed by atoms with van der Waals surface area (Å²) in [6.07, 6.45) is 2.10. The van der Waals surface area contributed by atoms with Crippen LogP contribution in [-0.4, -0.2) is 69.8 Å². The molecule has 1 saturated heterocycles. The van der Waals surface area contributed by atoms with E-state index in [0.717, 1.165) is 38.3 Å². The van der Waals surface area contributed by atoms with Gasteiger partial charge in [-0.1, -0.05) is 25.1 Å². The highest BCUT2D eigenvalue weighted by Gasteiger charge is 2.22. The number of thiol groups is 1. The fourth-order valence-electron chi connectivity index (χ4n) is 4.47. The van der Waals surface area contributed by atoms with Crippen LogP contribution in [0.5, 0.6) is 0 Å². The number of hydrogen-bond acceptors (Lipinski definition) is 9. The predicted molar refractivity (Wildman–Crippen MR) is 158 cm³/mol. The van der Waals surface area contributed by atoms with Gasteiger partial charge in [0.25, 0.3) is 0 Å². The van der Waals surface area contributed by atoms with Crippen LogP contribution in [0.3, 0.4) is 0 Å². The fourth-order valence-corrected chi connectivity index (χ4v) is 4.73. The molecule has 3 heterocycles. The van der Waals surface area contributed by atoms with Crippen molar-refractivity contribution in [3.63, 3.8) is 0 Å². The molecule has 1 fully saturated rings. The van der Waals surface area contributed by atoms with E-state index in [2.05, 4.69) is 33.3 Å². The van der Waals surface area contributed by atoms with Gasteiger partial charge < -0.3 is 20.9 Å². The maximum atomic E-state index is 12.7. The Morgan fingerprint density at radius 1 is 1.07 bits per heavy atom. The number of aromatic nitrogens is 3. The van der Waals surface area contributed by atoms with E-state index in [0.29, 0.717) is 47.7 Å². The number of aryl methyl sites for hydroxylation is 1. The molecule has 208 valence electrons. The molecule has 2 amide bonds. The van der Waals surface area contributed by atoms with Gasteiger partial charge >= 0.3 is 0 Å². The van der Waals surface area contributed by atoms with Gasteiger partial charge in [-0.15, -0.1) is 0 Å². The van der Waals surface area contributed by atoms with E-state index < -0.39 is 5.25 Å². The Labute approximate surface area is 240 Å². The van der Waals surface area contributed by atoms with Crippen LogP contribution < -0.4 is 11.1 Å². The summed E-state index contributed by atoms with van der Waals surface area (Å²) < 4.78 is 0. The van der Waals surface area contributed by atoms with Crippen LogP contribution >= 0.6 is 12.6 Å². The smallest absolute Gasteiger partial charge is 0.224 e. The Morgan fingerprint density at radius 2 is 1.80 bits per heavy atom. The molecule has 2 aromatic heterocycles. The lowest BCUT2D eigenvalue weighted by molar-refractivity contribution is -0.132. The van der Waals surface area contributed by atoms with E-state index in [4.69, 9.17) is 23.3 Å². The minimum Gasteiger partial charge on any atom is -0.382 e. The van der Waals surface area contributed by atoms with Crippen molar-refractivity contribution in [3.05, 3.63) is 65.2 Å². The third kappa shape index (κ3) is 7.14. The molecule has 1 aromatic carbocycles. The van der Waals surface area contributed by atoms with E-state index in [-0.39, 0.29) is 23.2 Å². The van der Waals surface area contributed by atoms with Gasteiger partial charge in [0.15, 0.2) is 0 Å². The van der Waals surface area contributed by atoms with E-state index in [9.17, 15) is 14.9 Å². The van der Waals surface area contributed by atoms with Crippen molar-refractivity contribution in [2.45, 2.75) is 37.9 Å². The van der Waals surface area contributed by atoms with Crippen LogP contribution in [0.25, 0.3) is 11.3 Å². The maximum absolute atomic E-state index is 12.7. The zero-order chi connectivity index (χ0) is 28.6. The number of hydrogen-bond donors (Lipinski definition) is 3. The normalized spacial score (nSPS) is 14.4. The van der Waals surface area contributed by atoms with Gasteiger partial charge in [-0.25, -0.2) is 9.97 Å². The molecule has 1 unspecified atom stereocenters. The second kappa shape index (κ2) is 13.4. The lowest BCUT2D eigenvalue weighted by Crippen LogP contribution is -2.47. The van der Waals surface area contributed by atoms with Crippen molar-refractivity contribution in [1.29, 1.82) is 5.26 Å². The first kappa shape index (κ1) is 29.0. The molecule has 1 atom stereocenters. The summed E-state index contributed by atoms with van der Waals surface area (Å²) in [5.74, 6) is 0.438. The summed E-state index contributed by atoms with van der Waals surface area (Å²) in [4.78, 5) is 42.5. The molecule has 0 bridgehead atoms. The molecule has 3 aromatic rings. The van der Waals surface area contributed by atoms with Crippen LogP contribution in [0, 0.1) is 11.3 Å². The third-order valence-electron chi connectivity index (χ3n) is 6.79. The van der Waals surface area contributed by atoms with Gasteiger partial charge in [-0.2, -0.15) is 17.9 Å². The number of benzene rings is 1. The molecule has 0 radical (unpaired) electrons. The number of likely N-dealkylation sites (N-methyl/N-ethyl adjacent to an activating group) is 1. The fraction of sp³-hybridized carbons (Fsp3) is 0.379. The molecule has 11 heteroatoms. The van der Waals surface area contributed by atoms with Crippen molar-refractivity contribution >= 4 is 35.9 Å². The van der Waals surface area contributed by atoms with E-state index in [1.807, 2.05) is 30.0 Å². The van der Waals surface area contributed by atoms with Gasteiger partial charge in [-0.05, 0) is 44.2 Å². The first-order chi connectivity index (χ1) is 19.3. The molecule has 3 N–H and O–H groups in total. The number of anilines is 2. The minimum atomic E-state index is -0.602. The van der Waals surface area contributed by atoms with Crippen LogP contribution in [0.15, 0.2) is 42.5 Å². The molecule has 10 nitrogen and oxygen atoms in total. The first-order valence-electron chi connectivity index (χ1n) is 13.4. The van der Waals surface area contributed by atoms with Crippen LogP contribution in [0.4, 0.5) is 11.5 Å². The molecular formula is C29H34N8O2S. The number of pyridine rings is 1. The third-order valence-corrected chi connectivity index (χ3v) is 7.28. The average Bonchev–Trinajstić information content (AvgIpc) is 2.96. The van der Waals surface area contributed by atoms with Crippen molar-refractivity contribution in [3.8, 4) is 17.3 Å². The van der Waals surface area contributed by atoms with Gasteiger partial charge in [-0.3, -0.25) is 14.6 Å². The quantitative estimate of drug-likeness (QED) is 0.339. The minimum absolute atomic E-state index is 0.0517. The Kier molecular flexibility index (Phi) is 9.69. The van der Waals surface area contributed by atoms with Crippen molar-refractivity contribution in [1.82, 2.24) is 24.8 Å². The first-order valence-corrected chi connectivity index (χ1v) is 13.9. The molecular weight excluding hydrogens is 524 g/mol. The number of carbonyl (C=O) groups is 2. The SMILES string of the molecule is CCCC(=O)Nc1ccc(-c2nc(C(S)c3cccc(CCC(=O)N4CCN(C)CC4)n3)nc(N)c2C#N)cc1. The highest BCUT2D eigenvalue weighted by atomic mass is 32.1. The molecule has 40 heavy (non-hydrogen) atoms. The van der Waals surface area contributed by atoms with E-state index in [1.54, 1.807) is 24.3 Å². The molecule has 1 aliphatic heterocycles. The number of piperazine rings is 1. The highest BCUT2D eigenvalue weighted by Crippen LogP contribution is 2.31. The zero-order valence-electron chi connectivity index (χ0n) is 22.8. The average molecular weight is 559 g/mol. The topological polar surface area (TPSA) is 141 Å². The molecule has 0 aliphatic carbocycles. The molecule has 1 aliphatic rings. The van der Waals surface area contributed by atoms with Crippen molar-refractivity contribution in [2.24, 2.45) is 0 Å². The van der Waals surface area contributed by atoms with E-state index in [1.165, 1.54) is 0 Å². The molecule has 0 saturated carbocycles. The second-order valence-electron chi connectivity index (χ2n) is 9.82. The van der Waals surface area contributed by atoms with Crippen molar-refractivity contribution in [2.75, 3.05) is 44.3 Å². The summed E-state index contributed by atoms with van der Waals surface area (Å²) in [5.41, 5.74) is 9.43.